The fourth-order valence-corrected chi connectivity index (χ4v) is 6.61. The molecule has 0 aromatic carbocycles. The number of amides is 1. The van der Waals surface area contributed by atoms with E-state index in [1.165, 1.54) is 57.8 Å². The molecule has 31 heavy (non-hydrogen) atoms. The Morgan fingerprint density at radius 3 is 2.10 bits per heavy atom. The summed E-state index contributed by atoms with van der Waals surface area (Å²) in [4.78, 5) is 15.1. The third-order valence-corrected chi connectivity index (χ3v) is 8.84. The monoisotopic (exact) mass is 434 g/mol. The highest BCUT2D eigenvalue weighted by molar-refractivity contribution is 5.79. The van der Waals surface area contributed by atoms with E-state index in [0.717, 1.165) is 50.6 Å². The van der Waals surface area contributed by atoms with Gasteiger partial charge in [0.25, 0.3) is 0 Å². The lowest BCUT2D eigenvalue weighted by molar-refractivity contribution is -0.138. The van der Waals surface area contributed by atoms with Crippen molar-refractivity contribution in [3.05, 3.63) is 0 Å². The van der Waals surface area contributed by atoms with Gasteiger partial charge in [-0.1, -0.05) is 19.3 Å². The maximum atomic E-state index is 13.0. The van der Waals surface area contributed by atoms with Gasteiger partial charge in [-0.15, -0.1) is 0 Å². The topological polar surface area (TPSA) is 65.6 Å². The van der Waals surface area contributed by atoms with E-state index in [1.54, 1.807) is 0 Å². The highest BCUT2D eigenvalue weighted by atomic mass is 16.5. The van der Waals surface area contributed by atoms with Gasteiger partial charge in [-0.3, -0.25) is 20.7 Å². The van der Waals surface area contributed by atoms with E-state index >= 15 is 0 Å². The molecule has 3 saturated carbocycles. The van der Waals surface area contributed by atoms with Crippen LogP contribution in [-0.4, -0.2) is 62.5 Å². The van der Waals surface area contributed by atoms with Crippen LogP contribution >= 0.6 is 0 Å². The van der Waals surface area contributed by atoms with Gasteiger partial charge in [0.05, 0.1) is 6.10 Å². The van der Waals surface area contributed by atoms with Gasteiger partial charge in [0, 0.05) is 45.2 Å². The molecule has 1 amide bonds. The van der Waals surface area contributed by atoms with E-state index < -0.39 is 0 Å². The largest absolute Gasteiger partial charge is 0.381 e. The average Bonchev–Trinajstić information content (AvgIpc) is 2.85. The standard InChI is InChI=1S/C25H46N4O2/c1-29(22-6-4-3-5-7-22)24(30)19-8-12-21(13-9-19)28-25-26-16-20(17-27-25)18-10-14-23(31-2)15-11-18/h18-23,25-28H,3-17H2,1-2H3. The summed E-state index contributed by atoms with van der Waals surface area (Å²) < 4.78 is 5.53. The lowest BCUT2D eigenvalue weighted by Gasteiger charge is -2.41. The first-order valence-corrected chi connectivity index (χ1v) is 13.2. The summed E-state index contributed by atoms with van der Waals surface area (Å²) in [5, 5.41) is 11.2. The Hall–Kier alpha value is -0.690. The van der Waals surface area contributed by atoms with Crippen molar-refractivity contribution in [2.75, 3.05) is 27.2 Å². The van der Waals surface area contributed by atoms with Gasteiger partial charge in [-0.05, 0) is 76.0 Å². The minimum absolute atomic E-state index is 0.216. The van der Waals surface area contributed by atoms with Crippen LogP contribution in [-0.2, 0) is 9.53 Å². The third-order valence-electron chi connectivity index (χ3n) is 8.84. The van der Waals surface area contributed by atoms with Crippen LogP contribution in [0.4, 0.5) is 0 Å². The fraction of sp³-hybridized carbons (Fsp3) is 0.960. The Morgan fingerprint density at radius 2 is 1.48 bits per heavy atom. The summed E-state index contributed by atoms with van der Waals surface area (Å²) in [5.41, 5.74) is 0. The molecule has 1 saturated heterocycles. The van der Waals surface area contributed by atoms with E-state index in [2.05, 4.69) is 27.9 Å². The van der Waals surface area contributed by atoms with Gasteiger partial charge in [0.2, 0.25) is 5.91 Å². The van der Waals surface area contributed by atoms with Crippen molar-refractivity contribution in [2.45, 2.75) is 108 Å². The van der Waals surface area contributed by atoms with Crippen LogP contribution in [0.3, 0.4) is 0 Å². The molecule has 178 valence electrons. The van der Waals surface area contributed by atoms with Crippen LogP contribution in [0, 0.1) is 17.8 Å². The van der Waals surface area contributed by atoms with Crippen LogP contribution in [0.5, 0.6) is 0 Å². The zero-order chi connectivity index (χ0) is 21.6. The number of carbonyl (C=O) groups is 1. The molecule has 0 unspecified atom stereocenters. The lowest BCUT2D eigenvalue weighted by Crippen LogP contribution is -2.63. The summed E-state index contributed by atoms with van der Waals surface area (Å²) in [6.45, 7) is 2.21. The van der Waals surface area contributed by atoms with Crippen molar-refractivity contribution < 1.29 is 9.53 Å². The molecule has 4 fully saturated rings. The molecule has 0 spiro atoms. The molecule has 1 heterocycles. The van der Waals surface area contributed by atoms with Crippen molar-refractivity contribution in [3.8, 4) is 0 Å². The van der Waals surface area contributed by atoms with Crippen LogP contribution in [0.15, 0.2) is 0 Å². The van der Waals surface area contributed by atoms with E-state index in [1.807, 2.05) is 7.11 Å². The van der Waals surface area contributed by atoms with Gasteiger partial charge >= 0.3 is 0 Å². The van der Waals surface area contributed by atoms with E-state index in [-0.39, 0.29) is 12.2 Å². The number of carbonyl (C=O) groups excluding carboxylic acids is 1. The summed E-state index contributed by atoms with van der Waals surface area (Å²) >= 11 is 0. The minimum Gasteiger partial charge on any atom is -0.381 e. The summed E-state index contributed by atoms with van der Waals surface area (Å²) in [6, 6.07) is 1.01. The lowest BCUT2D eigenvalue weighted by atomic mass is 9.78. The van der Waals surface area contributed by atoms with Crippen LogP contribution in [0.2, 0.25) is 0 Å². The van der Waals surface area contributed by atoms with Crippen LogP contribution in [0.1, 0.15) is 83.5 Å². The molecule has 0 aromatic heterocycles. The Bertz CT molecular complexity index is 544. The number of hydrogen-bond acceptors (Lipinski definition) is 5. The highest BCUT2D eigenvalue weighted by Crippen LogP contribution is 2.32. The zero-order valence-corrected chi connectivity index (χ0v) is 19.9. The molecular formula is C25H46N4O2. The Kier molecular flexibility index (Phi) is 8.66. The highest BCUT2D eigenvalue weighted by Gasteiger charge is 2.34. The zero-order valence-electron chi connectivity index (χ0n) is 19.9. The van der Waals surface area contributed by atoms with Crippen molar-refractivity contribution in [2.24, 2.45) is 17.8 Å². The van der Waals surface area contributed by atoms with Crippen molar-refractivity contribution in [1.82, 2.24) is 20.9 Å². The number of ether oxygens (including phenoxy) is 1. The van der Waals surface area contributed by atoms with Crippen molar-refractivity contribution in [3.63, 3.8) is 0 Å². The molecule has 3 N–H and O–H groups in total. The van der Waals surface area contributed by atoms with Crippen LogP contribution < -0.4 is 16.0 Å². The second-order valence-electron chi connectivity index (χ2n) is 10.7. The predicted octanol–water partition coefficient (Wildman–Crippen LogP) is 3.22. The molecule has 3 aliphatic carbocycles. The summed E-state index contributed by atoms with van der Waals surface area (Å²) in [6.07, 6.45) is 16.4. The normalized spacial score (nSPS) is 38.0. The Labute approximate surface area is 189 Å². The maximum Gasteiger partial charge on any atom is 0.225 e. The van der Waals surface area contributed by atoms with Gasteiger partial charge in [0.15, 0.2) is 0 Å². The average molecular weight is 435 g/mol. The third kappa shape index (κ3) is 6.21. The van der Waals surface area contributed by atoms with Gasteiger partial charge < -0.3 is 9.64 Å². The van der Waals surface area contributed by atoms with E-state index in [9.17, 15) is 4.79 Å². The van der Waals surface area contributed by atoms with Crippen molar-refractivity contribution in [1.29, 1.82) is 0 Å². The molecular weight excluding hydrogens is 388 g/mol. The second kappa shape index (κ2) is 11.4. The number of hydrogen-bond donors (Lipinski definition) is 3. The molecule has 0 aromatic rings. The first-order valence-electron chi connectivity index (χ1n) is 13.2. The first kappa shape index (κ1) is 23.5. The molecule has 6 nitrogen and oxygen atoms in total. The molecule has 4 rings (SSSR count). The molecule has 4 aliphatic rings. The van der Waals surface area contributed by atoms with Crippen molar-refractivity contribution >= 4 is 5.91 Å². The summed E-state index contributed by atoms with van der Waals surface area (Å²) in [7, 11) is 3.90. The Balaban J connectivity index is 1.13. The van der Waals surface area contributed by atoms with E-state index in [4.69, 9.17) is 4.74 Å². The van der Waals surface area contributed by atoms with Gasteiger partial charge in [-0.2, -0.15) is 0 Å². The number of rotatable bonds is 6. The minimum atomic E-state index is 0.216. The van der Waals surface area contributed by atoms with Crippen LogP contribution in [0.25, 0.3) is 0 Å². The quantitative estimate of drug-likeness (QED) is 0.599. The Morgan fingerprint density at radius 1 is 0.839 bits per heavy atom. The SMILES string of the molecule is COC1CCC(C2CNC(NC3CCC(C(=O)N(C)C4CCCCC4)CC3)NC2)CC1. The predicted molar refractivity (Wildman–Crippen MR) is 125 cm³/mol. The molecule has 0 radical (unpaired) electrons. The van der Waals surface area contributed by atoms with Gasteiger partial charge in [-0.25, -0.2) is 0 Å². The smallest absolute Gasteiger partial charge is 0.225 e. The molecule has 0 bridgehead atoms. The number of methoxy groups -OCH3 is 1. The number of nitrogens with one attached hydrogen (secondary N) is 3. The van der Waals surface area contributed by atoms with E-state index in [0.29, 0.717) is 24.1 Å². The maximum absolute atomic E-state index is 13.0. The van der Waals surface area contributed by atoms with Gasteiger partial charge in [0.1, 0.15) is 6.29 Å². The molecule has 6 heteroatoms. The summed E-state index contributed by atoms with van der Waals surface area (Å²) in [5.74, 6) is 2.21. The second-order valence-corrected chi connectivity index (χ2v) is 10.7. The molecule has 0 atom stereocenters. The first-order chi connectivity index (χ1) is 15.1. The number of nitrogens with zero attached hydrogens (tertiary/aromatic N) is 1. The fourth-order valence-electron chi connectivity index (χ4n) is 6.61. The molecule has 1 aliphatic heterocycles.